The minimum Gasteiger partial charge on any atom is -0.446 e. The summed E-state index contributed by atoms with van der Waals surface area (Å²) in [6, 6.07) is 0. The van der Waals surface area contributed by atoms with Gasteiger partial charge in [-0.1, -0.05) is 0 Å². The maximum Gasteiger partial charge on any atom is 0.404 e. The van der Waals surface area contributed by atoms with E-state index in [1.165, 1.54) is 0 Å². The molecular formula is C8H15FN2O2. The molecule has 5 heteroatoms. The van der Waals surface area contributed by atoms with E-state index in [0.29, 0.717) is 6.54 Å². The zero-order chi connectivity index (χ0) is 9.68. The summed E-state index contributed by atoms with van der Waals surface area (Å²) in [7, 11) is 0. The standard InChI is InChI=1S/C8H15FN2O2/c9-3-6-11-4-1-7(2-5-11)13-8(10)12/h7H,1-6H2,(H2,10,12). The maximum absolute atomic E-state index is 11.9. The molecule has 4 nitrogen and oxygen atoms in total. The molecule has 1 saturated heterocycles. The summed E-state index contributed by atoms with van der Waals surface area (Å²) < 4.78 is 16.8. The molecule has 1 fully saturated rings. The zero-order valence-corrected chi connectivity index (χ0v) is 7.54. The number of piperidine rings is 1. The van der Waals surface area contributed by atoms with Gasteiger partial charge < -0.3 is 15.4 Å². The number of hydrogen-bond donors (Lipinski definition) is 1. The number of halogens is 1. The molecule has 0 aliphatic carbocycles. The highest BCUT2D eigenvalue weighted by molar-refractivity contribution is 5.64. The van der Waals surface area contributed by atoms with Gasteiger partial charge in [0.05, 0.1) is 0 Å². The Balaban J connectivity index is 2.18. The van der Waals surface area contributed by atoms with Crippen LogP contribution in [0.25, 0.3) is 0 Å². The number of nitrogens with zero attached hydrogens (tertiary/aromatic N) is 1. The molecule has 0 aromatic carbocycles. The number of amides is 1. The van der Waals surface area contributed by atoms with Gasteiger partial charge in [-0.05, 0) is 12.8 Å². The van der Waals surface area contributed by atoms with Gasteiger partial charge in [-0.25, -0.2) is 9.18 Å². The zero-order valence-electron chi connectivity index (χ0n) is 7.54. The third-order valence-corrected chi connectivity index (χ3v) is 2.22. The van der Waals surface area contributed by atoms with Crippen LogP contribution in [0, 0.1) is 0 Å². The van der Waals surface area contributed by atoms with Crippen LogP contribution in [-0.4, -0.2) is 43.4 Å². The van der Waals surface area contributed by atoms with Crippen molar-refractivity contribution in [1.29, 1.82) is 0 Å². The lowest BCUT2D eigenvalue weighted by Gasteiger charge is -2.30. The molecule has 0 aromatic heterocycles. The molecule has 1 amide bonds. The summed E-state index contributed by atoms with van der Waals surface area (Å²) in [6.45, 7) is 1.72. The SMILES string of the molecule is NC(=O)OC1CCN(CCF)CC1. The Morgan fingerprint density at radius 3 is 2.62 bits per heavy atom. The van der Waals surface area contributed by atoms with Crippen LogP contribution in [0.15, 0.2) is 0 Å². The van der Waals surface area contributed by atoms with Gasteiger partial charge in [-0.2, -0.15) is 0 Å². The number of rotatable bonds is 3. The van der Waals surface area contributed by atoms with Crippen LogP contribution in [0.5, 0.6) is 0 Å². The lowest BCUT2D eigenvalue weighted by atomic mass is 10.1. The molecule has 0 spiro atoms. The van der Waals surface area contributed by atoms with Gasteiger partial charge in [0.2, 0.25) is 0 Å². The van der Waals surface area contributed by atoms with Crippen LogP contribution in [-0.2, 0) is 4.74 Å². The third kappa shape index (κ3) is 3.59. The van der Waals surface area contributed by atoms with E-state index in [-0.39, 0.29) is 12.8 Å². The van der Waals surface area contributed by atoms with Crippen LogP contribution in [0.3, 0.4) is 0 Å². The normalized spacial score (nSPS) is 20.1. The van der Waals surface area contributed by atoms with Crippen molar-refractivity contribution < 1.29 is 13.9 Å². The Hall–Kier alpha value is -0.840. The molecule has 0 radical (unpaired) electrons. The molecular weight excluding hydrogens is 175 g/mol. The predicted octanol–water partition coefficient (Wildman–Crippen LogP) is 0.516. The monoisotopic (exact) mass is 190 g/mol. The Bertz CT molecular complexity index is 170. The number of carbonyl (C=O) groups is 1. The molecule has 76 valence electrons. The van der Waals surface area contributed by atoms with E-state index in [4.69, 9.17) is 10.5 Å². The van der Waals surface area contributed by atoms with Crippen molar-refractivity contribution in [1.82, 2.24) is 4.90 Å². The van der Waals surface area contributed by atoms with E-state index >= 15 is 0 Å². The minimum absolute atomic E-state index is 0.0756. The van der Waals surface area contributed by atoms with Crippen molar-refractivity contribution >= 4 is 6.09 Å². The van der Waals surface area contributed by atoms with E-state index in [1.54, 1.807) is 0 Å². The molecule has 1 aliphatic heterocycles. The Morgan fingerprint density at radius 1 is 1.54 bits per heavy atom. The minimum atomic E-state index is -0.719. The average Bonchev–Trinajstić information content (AvgIpc) is 2.08. The van der Waals surface area contributed by atoms with E-state index in [1.807, 2.05) is 4.90 Å². The Kier molecular flexibility index (Phi) is 3.95. The van der Waals surface area contributed by atoms with Crippen molar-refractivity contribution in [2.24, 2.45) is 5.73 Å². The highest BCUT2D eigenvalue weighted by Gasteiger charge is 2.20. The molecule has 0 aromatic rings. The number of hydrogen-bond acceptors (Lipinski definition) is 3. The molecule has 13 heavy (non-hydrogen) atoms. The van der Waals surface area contributed by atoms with Gasteiger partial charge in [0, 0.05) is 19.6 Å². The summed E-state index contributed by atoms with van der Waals surface area (Å²) in [5, 5.41) is 0. The summed E-state index contributed by atoms with van der Waals surface area (Å²) in [5.41, 5.74) is 4.88. The fraction of sp³-hybridized carbons (Fsp3) is 0.875. The second-order valence-corrected chi connectivity index (χ2v) is 3.17. The summed E-state index contributed by atoms with van der Waals surface area (Å²) in [6.07, 6.45) is 0.712. The van der Waals surface area contributed by atoms with E-state index in [0.717, 1.165) is 25.9 Å². The highest BCUT2D eigenvalue weighted by atomic mass is 19.1. The second kappa shape index (κ2) is 5.01. The fourth-order valence-corrected chi connectivity index (χ4v) is 1.53. The van der Waals surface area contributed by atoms with Gasteiger partial charge >= 0.3 is 6.09 Å². The number of likely N-dealkylation sites (tertiary alicyclic amines) is 1. The molecule has 1 aliphatic rings. The lowest BCUT2D eigenvalue weighted by molar-refractivity contribution is 0.0546. The van der Waals surface area contributed by atoms with Crippen molar-refractivity contribution in [3.05, 3.63) is 0 Å². The first-order valence-electron chi connectivity index (χ1n) is 4.47. The lowest BCUT2D eigenvalue weighted by Crippen LogP contribution is -2.39. The first-order valence-corrected chi connectivity index (χ1v) is 4.47. The number of primary amides is 1. The quantitative estimate of drug-likeness (QED) is 0.705. The van der Waals surface area contributed by atoms with Gasteiger partial charge in [0.25, 0.3) is 0 Å². The highest BCUT2D eigenvalue weighted by Crippen LogP contribution is 2.12. The molecule has 0 atom stereocenters. The van der Waals surface area contributed by atoms with Crippen LogP contribution in [0.4, 0.5) is 9.18 Å². The largest absolute Gasteiger partial charge is 0.446 e. The van der Waals surface area contributed by atoms with Crippen molar-refractivity contribution in [3.63, 3.8) is 0 Å². The fourth-order valence-electron chi connectivity index (χ4n) is 1.53. The molecule has 1 rings (SSSR count). The second-order valence-electron chi connectivity index (χ2n) is 3.17. The smallest absolute Gasteiger partial charge is 0.404 e. The van der Waals surface area contributed by atoms with Crippen molar-refractivity contribution in [2.75, 3.05) is 26.3 Å². The number of alkyl halides is 1. The third-order valence-electron chi connectivity index (χ3n) is 2.22. The summed E-state index contributed by atoms with van der Waals surface area (Å²) >= 11 is 0. The molecule has 0 saturated carbocycles. The molecule has 0 bridgehead atoms. The number of nitrogens with two attached hydrogens (primary N) is 1. The maximum atomic E-state index is 11.9. The van der Waals surface area contributed by atoms with Crippen molar-refractivity contribution in [3.8, 4) is 0 Å². The van der Waals surface area contributed by atoms with Gasteiger partial charge in [-0.3, -0.25) is 0 Å². The summed E-state index contributed by atoms with van der Waals surface area (Å²) in [4.78, 5) is 12.4. The number of carbonyl (C=O) groups excluding carboxylic acids is 1. The molecule has 2 N–H and O–H groups in total. The first kappa shape index (κ1) is 10.2. The van der Waals surface area contributed by atoms with Gasteiger partial charge in [-0.15, -0.1) is 0 Å². The topological polar surface area (TPSA) is 55.6 Å². The van der Waals surface area contributed by atoms with Gasteiger partial charge in [0.15, 0.2) is 0 Å². The van der Waals surface area contributed by atoms with E-state index in [2.05, 4.69) is 0 Å². The van der Waals surface area contributed by atoms with E-state index < -0.39 is 6.09 Å². The van der Waals surface area contributed by atoms with Crippen LogP contribution in [0.2, 0.25) is 0 Å². The number of ether oxygens (including phenoxy) is 1. The van der Waals surface area contributed by atoms with Crippen LogP contribution in [0.1, 0.15) is 12.8 Å². The summed E-state index contributed by atoms with van der Waals surface area (Å²) in [5.74, 6) is 0. The Labute approximate surface area is 76.8 Å². The average molecular weight is 190 g/mol. The van der Waals surface area contributed by atoms with Gasteiger partial charge in [0.1, 0.15) is 12.8 Å². The molecule has 0 unspecified atom stereocenters. The molecule has 1 heterocycles. The van der Waals surface area contributed by atoms with E-state index in [9.17, 15) is 9.18 Å². The van der Waals surface area contributed by atoms with Crippen molar-refractivity contribution in [2.45, 2.75) is 18.9 Å². The Morgan fingerprint density at radius 2 is 2.15 bits per heavy atom. The van der Waals surface area contributed by atoms with Crippen LogP contribution >= 0.6 is 0 Å². The first-order chi connectivity index (χ1) is 6.22. The van der Waals surface area contributed by atoms with Crippen LogP contribution < -0.4 is 5.73 Å². The predicted molar refractivity (Wildman–Crippen MR) is 46.1 cm³/mol.